The molecule has 3 nitrogen and oxygen atoms in total. The Kier molecular flexibility index (Phi) is 5.54. The minimum Gasteiger partial charge on any atom is -0.496 e. The monoisotopic (exact) mass is 350 g/mol. The van der Waals surface area contributed by atoms with E-state index in [4.69, 9.17) is 10.5 Å². The smallest absolute Gasteiger partial charge is 0.123 e. The zero-order valence-electron chi connectivity index (χ0n) is 14.9. The number of hydrogen-bond acceptors (Lipinski definition) is 3. The maximum Gasteiger partial charge on any atom is 0.123 e. The molecule has 0 heterocycles. The summed E-state index contributed by atoms with van der Waals surface area (Å²) in [6.45, 7) is 2.02. The summed E-state index contributed by atoms with van der Waals surface area (Å²) in [7, 11) is 1.66. The van der Waals surface area contributed by atoms with Crippen LogP contribution in [0.4, 0.5) is 10.1 Å². The molecule has 0 amide bonds. The number of hydrogen-bond donors (Lipinski definition) is 2. The number of nitrogens with one attached hydrogen (secondary N) is 1. The lowest BCUT2D eigenvalue weighted by molar-refractivity contribution is 0.400. The van der Waals surface area contributed by atoms with Crippen molar-refractivity contribution in [2.75, 3.05) is 12.8 Å². The molecule has 2 atom stereocenters. The first-order valence-electron chi connectivity index (χ1n) is 8.58. The van der Waals surface area contributed by atoms with Gasteiger partial charge in [-0.25, -0.2) is 4.39 Å². The number of ether oxygens (including phenoxy) is 1. The van der Waals surface area contributed by atoms with Crippen molar-refractivity contribution in [3.8, 4) is 5.75 Å². The molecular weight excluding hydrogens is 327 g/mol. The van der Waals surface area contributed by atoms with Crippen LogP contribution in [0.3, 0.4) is 0 Å². The van der Waals surface area contributed by atoms with E-state index in [0.29, 0.717) is 5.69 Å². The van der Waals surface area contributed by atoms with Crippen molar-refractivity contribution in [1.29, 1.82) is 0 Å². The number of methoxy groups -OCH3 is 1. The molecule has 0 radical (unpaired) electrons. The quantitative estimate of drug-likeness (QED) is 0.624. The van der Waals surface area contributed by atoms with E-state index in [-0.39, 0.29) is 17.9 Å². The van der Waals surface area contributed by atoms with Crippen molar-refractivity contribution >= 4 is 5.69 Å². The average Bonchev–Trinajstić information content (AvgIpc) is 2.66. The van der Waals surface area contributed by atoms with E-state index in [9.17, 15) is 4.39 Å². The third-order valence-electron chi connectivity index (χ3n) is 4.46. The van der Waals surface area contributed by atoms with Gasteiger partial charge in [0.15, 0.2) is 0 Å². The fraction of sp³-hybridized carbons (Fsp3) is 0.182. The van der Waals surface area contributed by atoms with Crippen molar-refractivity contribution in [2.24, 2.45) is 0 Å². The van der Waals surface area contributed by atoms with Gasteiger partial charge in [-0.15, -0.1) is 0 Å². The molecule has 0 aliphatic rings. The molecule has 0 aliphatic carbocycles. The number of benzene rings is 3. The van der Waals surface area contributed by atoms with Crippen LogP contribution in [0.15, 0.2) is 72.8 Å². The second-order valence-corrected chi connectivity index (χ2v) is 6.29. The highest BCUT2D eigenvalue weighted by Crippen LogP contribution is 2.32. The van der Waals surface area contributed by atoms with Gasteiger partial charge in [-0.3, -0.25) is 5.32 Å². The number of nitrogens with two attached hydrogens (primary N) is 1. The Morgan fingerprint density at radius 1 is 0.923 bits per heavy atom. The Hall–Kier alpha value is -2.85. The molecule has 3 rings (SSSR count). The van der Waals surface area contributed by atoms with Crippen LogP contribution in [-0.4, -0.2) is 7.11 Å². The lowest BCUT2D eigenvalue weighted by Gasteiger charge is -2.26. The van der Waals surface area contributed by atoms with E-state index in [2.05, 4.69) is 5.32 Å². The van der Waals surface area contributed by atoms with Gasteiger partial charge in [-0.1, -0.05) is 42.5 Å². The third-order valence-corrected chi connectivity index (χ3v) is 4.46. The summed E-state index contributed by atoms with van der Waals surface area (Å²) >= 11 is 0. The van der Waals surface area contributed by atoms with Gasteiger partial charge >= 0.3 is 0 Å². The van der Waals surface area contributed by atoms with Crippen molar-refractivity contribution in [1.82, 2.24) is 5.32 Å². The molecule has 3 aromatic rings. The maximum absolute atomic E-state index is 13.6. The van der Waals surface area contributed by atoms with Gasteiger partial charge < -0.3 is 10.5 Å². The minimum atomic E-state index is -0.242. The number of rotatable bonds is 6. The fourth-order valence-corrected chi connectivity index (χ4v) is 3.13. The van der Waals surface area contributed by atoms with Crippen LogP contribution in [0.1, 0.15) is 35.7 Å². The maximum atomic E-state index is 13.6. The molecular formula is C22H23FN2O. The van der Waals surface area contributed by atoms with Gasteiger partial charge in [-0.2, -0.15) is 0 Å². The van der Waals surface area contributed by atoms with Crippen molar-refractivity contribution < 1.29 is 9.13 Å². The summed E-state index contributed by atoms with van der Waals surface area (Å²) in [5, 5.41) is 3.59. The molecule has 4 heteroatoms. The van der Waals surface area contributed by atoms with Gasteiger partial charge in [0.25, 0.3) is 0 Å². The molecule has 0 bridgehead atoms. The van der Waals surface area contributed by atoms with Crippen LogP contribution in [0.2, 0.25) is 0 Å². The third kappa shape index (κ3) is 4.03. The SMILES string of the molecule is COc1ccccc1C(N[C@@H](C)c1cccc(F)c1)c1cccc(N)c1. The Bertz CT molecular complexity index is 881. The zero-order valence-corrected chi connectivity index (χ0v) is 14.9. The van der Waals surface area contributed by atoms with Crippen LogP contribution in [-0.2, 0) is 0 Å². The van der Waals surface area contributed by atoms with E-state index in [0.717, 1.165) is 22.4 Å². The lowest BCUT2D eigenvalue weighted by Crippen LogP contribution is -2.26. The van der Waals surface area contributed by atoms with Crippen LogP contribution < -0.4 is 15.8 Å². The second kappa shape index (κ2) is 8.02. The molecule has 0 saturated carbocycles. The lowest BCUT2D eigenvalue weighted by atomic mass is 9.95. The highest BCUT2D eigenvalue weighted by Gasteiger charge is 2.21. The highest BCUT2D eigenvalue weighted by atomic mass is 19.1. The largest absolute Gasteiger partial charge is 0.496 e. The Morgan fingerprint density at radius 2 is 1.65 bits per heavy atom. The summed E-state index contributed by atoms with van der Waals surface area (Å²) < 4.78 is 19.2. The van der Waals surface area contributed by atoms with Gasteiger partial charge in [0.2, 0.25) is 0 Å². The van der Waals surface area contributed by atoms with Crippen molar-refractivity contribution in [2.45, 2.75) is 19.0 Å². The molecule has 134 valence electrons. The minimum absolute atomic E-state index is 0.0676. The van der Waals surface area contributed by atoms with Gasteiger partial charge in [0.1, 0.15) is 11.6 Å². The zero-order chi connectivity index (χ0) is 18.5. The van der Waals surface area contributed by atoms with E-state index in [1.165, 1.54) is 6.07 Å². The Balaban J connectivity index is 2.00. The molecule has 0 saturated heterocycles. The molecule has 0 aliphatic heterocycles. The van der Waals surface area contributed by atoms with Crippen molar-refractivity contribution in [3.63, 3.8) is 0 Å². The van der Waals surface area contributed by atoms with Gasteiger partial charge in [0, 0.05) is 17.3 Å². The number of nitrogen functional groups attached to an aromatic ring is 1. The molecule has 0 fully saturated rings. The van der Waals surface area contributed by atoms with Crippen LogP contribution in [0, 0.1) is 5.82 Å². The first-order chi connectivity index (χ1) is 12.6. The molecule has 1 unspecified atom stereocenters. The topological polar surface area (TPSA) is 47.3 Å². The number of halogens is 1. The summed E-state index contributed by atoms with van der Waals surface area (Å²) in [5.74, 6) is 0.549. The predicted molar refractivity (Wildman–Crippen MR) is 104 cm³/mol. The summed E-state index contributed by atoms with van der Waals surface area (Å²) in [4.78, 5) is 0. The molecule has 3 N–H and O–H groups in total. The summed E-state index contributed by atoms with van der Waals surface area (Å²) in [6.07, 6.45) is 0. The number of para-hydroxylation sites is 1. The van der Waals surface area contributed by atoms with Gasteiger partial charge in [0.05, 0.1) is 13.2 Å². The van der Waals surface area contributed by atoms with Crippen LogP contribution >= 0.6 is 0 Å². The normalized spacial score (nSPS) is 13.2. The van der Waals surface area contributed by atoms with E-state index < -0.39 is 0 Å². The highest BCUT2D eigenvalue weighted by molar-refractivity contribution is 5.47. The molecule has 3 aromatic carbocycles. The summed E-state index contributed by atoms with van der Waals surface area (Å²) in [6, 6.07) is 22.1. The van der Waals surface area contributed by atoms with E-state index >= 15 is 0 Å². The first kappa shape index (κ1) is 18.0. The fourth-order valence-electron chi connectivity index (χ4n) is 3.13. The Morgan fingerprint density at radius 3 is 2.38 bits per heavy atom. The Labute approximate surface area is 153 Å². The number of anilines is 1. The standard InChI is InChI=1S/C22H23FN2O/c1-15(16-7-5-9-18(23)13-16)25-22(17-8-6-10-19(24)14-17)20-11-3-4-12-21(20)26-2/h3-15,22,25H,24H2,1-2H3/t15-,22?/m0/s1. The molecule has 26 heavy (non-hydrogen) atoms. The van der Waals surface area contributed by atoms with Crippen molar-refractivity contribution in [3.05, 3.63) is 95.3 Å². The molecule has 0 aromatic heterocycles. The first-order valence-corrected chi connectivity index (χ1v) is 8.58. The van der Waals surface area contributed by atoms with Crippen LogP contribution in [0.5, 0.6) is 5.75 Å². The van der Waals surface area contributed by atoms with Gasteiger partial charge in [-0.05, 0) is 48.4 Å². The van der Waals surface area contributed by atoms with Crippen LogP contribution in [0.25, 0.3) is 0 Å². The molecule has 0 spiro atoms. The summed E-state index contributed by atoms with van der Waals surface area (Å²) in [5.41, 5.74) is 9.61. The average molecular weight is 350 g/mol. The van der Waals surface area contributed by atoms with E-state index in [1.54, 1.807) is 19.2 Å². The van der Waals surface area contributed by atoms with E-state index in [1.807, 2.05) is 61.5 Å². The predicted octanol–water partition coefficient (Wildman–Crippen LogP) is 4.86. The second-order valence-electron chi connectivity index (χ2n) is 6.29.